The number of ether oxygens (including phenoxy) is 2. The second-order valence-electron chi connectivity index (χ2n) is 8.61. The van der Waals surface area contributed by atoms with E-state index >= 15 is 0 Å². The van der Waals surface area contributed by atoms with E-state index in [-0.39, 0.29) is 18.0 Å². The molecule has 0 spiro atoms. The van der Waals surface area contributed by atoms with E-state index in [0.29, 0.717) is 17.7 Å². The van der Waals surface area contributed by atoms with Crippen LogP contribution in [0.25, 0.3) is 0 Å². The Bertz CT molecular complexity index is 942. The van der Waals surface area contributed by atoms with Crippen molar-refractivity contribution in [2.75, 3.05) is 27.3 Å². The molecule has 0 saturated carbocycles. The van der Waals surface area contributed by atoms with Crippen molar-refractivity contribution in [3.05, 3.63) is 64.7 Å². The van der Waals surface area contributed by atoms with Crippen LogP contribution in [0, 0.1) is 0 Å². The van der Waals surface area contributed by atoms with Crippen molar-refractivity contribution in [3.63, 3.8) is 0 Å². The quantitative estimate of drug-likeness (QED) is 0.315. The van der Waals surface area contributed by atoms with E-state index in [9.17, 15) is 14.7 Å². The molecule has 0 aliphatic heterocycles. The average Bonchev–Trinajstić information content (AvgIpc) is 3.05. The number of para-hydroxylation sites is 1. The van der Waals surface area contributed by atoms with Gasteiger partial charge in [-0.15, -0.1) is 0 Å². The molecule has 6 heteroatoms. The van der Waals surface area contributed by atoms with E-state index < -0.39 is 0 Å². The molecule has 0 amide bonds. The van der Waals surface area contributed by atoms with Gasteiger partial charge in [0.1, 0.15) is 5.75 Å². The summed E-state index contributed by atoms with van der Waals surface area (Å²) in [5.74, 6) is -0.157. The van der Waals surface area contributed by atoms with Crippen LogP contribution in [0.1, 0.15) is 71.6 Å². The minimum Gasteiger partial charge on any atom is -0.508 e. The van der Waals surface area contributed by atoms with Crippen LogP contribution < -0.4 is 0 Å². The fourth-order valence-electron chi connectivity index (χ4n) is 4.68. The monoisotopic (exact) mass is 453 g/mol. The normalized spacial score (nSPS) is 15.5. The summed E-state index contributed by atoms with van der Waals surface area (Å²) < 4.78 is 9.69. The number of aromatic hydroxyl groups is 1. The number of unbranched alkanes of at least 4 members (excludes halogenated alkanes) is 1. The number of nitrogens with zero attached hydrogens (tertiary/aromatic N) is 1. The minimum atomic E-state index is -0.308. The van der Waals surface area contributed by atoms with Crippen molar-refractivity contribution in [3.8, 4) is 5.75 Å². The number of carbonyl (C=O) groups excluding carboxylic acids is 2. The number of fused-ring (bicyclic) bond motifs is 1. The largest absolute Gasteiger partial charge is 0.508 e. The number of benzene rings is 2. The fourth-order valence-corrected chi connectivity index (χ4v) is 4.68. The molecule has 0 saturated heterocycles. The lowest BCUT2D eigenvalue weighted by Gasteiger charge is -2.33. The Kier molecular flexibility index (Phi) is 9.31. The Morgan fingerprint density at radius 2 is 1.85 bits per heavy atom. The van der Waals surface area contributed by atoms with Gasteiger partial charge < -0.3 is 14.6 Å². The molecule has 1 atom stereocenters. The molecule has 1 aliphatic carbocycles. The fraction of sp³-hybridized carbons (Fsp3) is 0.481. The van der Waals surface area contributed by atoms with Crippen LogP contribution in [0.3, 0.4) is 0 Å². The van der Waals surface area contributed by atoms with Gasteiger partial charge in [-0.2, -0.15) is 0 Å². The first-order valence-corrected chi connectivity index (χ1v) is 11.8. The van der Waals surface area contributed by atoms with Gasteiger partial charge in [0.25, 0.3) is 0 Å². The summed E-state index contributed by atoms with van der Waals surface area (Å²) in [4.78, 5) is 26.1. The summed E-state index contributed by atoms with van der Waals surface area (Å²) in [6, 6.07) is 13.6. The molecule has 0 bridgehead atoms. The third-order valence-electron chi connectivity index (χ3n) is 6.50. The van der Waals surface area contributed by atoms with Crippen LogP contribution in [-0.2, 0) is 27.1 Å². The molecule has 1 aliphatic rings. The molecule has 2 aromatic rings. The number of aryl methyl sites for hydroxylation is 1. The van der Waals surface area contributed by atoms with Gasteiger partial charge in [0, 0.05) is 19.0 Å². The number of carbonyl (C=O) groups is 2. The van der Waals surface area contributed by atoms with Gasteiger partial charge in [-0.3, -0.25) is 9.69 Å². The van der Waals surface area contributed by atoms with Gasteiger partial charge in [-0.25, -0.2) is 4.79 Å². The highest BCUT2D eigenvalue weighted by atomic mass is 16.5. The lowest BCUT2D eigenvalue weighted by Crippen LogP contribution is -2.32. The predicted molar refractivity (Wildman–Crippen MR) is 127 cm³/mol. The summed E-state index contributed by atoms with van der Waals surface area (Å²) in [5.41, 5.74) is 4.01. The predicted octanol–water partition coefficient (Wildman–Crippen LogP) is 4.83. The lowest BCUT2D eigenvalue weighted by molar-refractivity contribution is -0.140. The minimum absolute atomic E-state index is 0.175. The molecule has 0 radical (unpaired) electrons. The second kappa shape index (κ2) is 12.4. The first kappa shape index (κ1) is 24.8. The first-order chi connectivity index (χ1) is 16.0. The van der Waals surface area contributed by atoms with Gasteiger partial charge >= 0.3 is 11.9 Å². The lowest BCUT2D eigenvalue weighted by atomic mass is 9.95. The molecule has 2 aromatic carbocycles. The van der Waals surface area contributed by atoms with Crippen molar-refractivity contribution in [1.29, 1.82) is 0 Å². The number of phenols is 1. The van der Waals surface area contributed by atoms with Crippen molar-refractivity contribution in [2.45, 2.75) is 57.4 Å². The highest BCUT2D eigenvalue weighted by Gasteiger charge is 2.25. The zero-order chi connectivity index (χ0) is 23.6. The molecule has 178 valence electrons. The summed E-state index contributed by atoms with van der Waals surface area (Å²) >= 11 is 0. The maximum absolute atomic E-state index is 12.1. The van der Waals surface area contributed by atoms with E-state index in [1.807, 2.05) is 30.3 Å². The van der Waals surface area contributed by atoms with Crippen molar-refractivity contribution in [2.24, 2.45) is 0 Å². The third kappa shape index (κ3) is 6.81. The second-order valence-corrected chi connectivity index (χ2v) is 8.61. The van der Waals surface area contributed by atoms with E-state index in [4.69, 9.17) is 9.47 Å². The maximum Gasteiger partial charge on any atom is 0.337 e. The van der Waals surface area contributed by atoms with Crippen LogP contribution in [0.2, 0.25) is 0 Å². The Labute approximate surface area is 196 Å². The summed E-state index contributed by atoms with van der Waals surface area (Å²) in [7, 11) is 2.83. The Morgan fingerprint density at radius 1 is 1.03 bits per heavy atom. The molecular weight excluding hydrogens is 418 g/mol. The van der Waals surface area contributed by atoms with Gasteiger partial charge in [0.2, 0.25) is 0 Å². The van der Waals surface area contributed by atoms with E-state index in [1.54, 1.807) is 6.07 Å². The van der Waals surface area contributed by atoms with Gasteiger partial charge in [0.15, 0.2) is 0 Å². The van der Waals surface area contributed by atoms with Gasteiger partial charge in [-0.1, -0.05) is 30.7 Å². The van der Waals surface area contributed by atoms with Crippen LogP contribution in [0.4, 0.5) is 0 Å². The molecule has 1 unspecified atom stereocenters. The molecule has 0 heterocycles. The van der Waals surface area contributed by atoms with Crippen molar-refractivity contribution < 1.29 is 24.2 Å². The van der Waals surface area contributed by atoms with Crippen LogP contribution in [0.15, 0.2) is 42.5 Å². The van der Waals surface area contributed by atoms with Gasteiger partial charge in [0.05, 0.1) is 19.8 Å². The molecular formula is C27H35NO5. The number of hydrogen-bond donors (Lipinski definition) is 1. The zero-order valence-electron chi connectivity index (χ0n) is 19.7. The smallest absolute Gasteiger partial charge is 0.337 e. The van der Waals surface area contributed by atoms with Crippen LogP contribution in [0.5, 0.6) is 5.75 Å². The topological polar surface area (TPSA) is 76.1 Å². The number of hydrogen-bond acceptors (Lipinski definition) is 6. The summed E-state index contributed by atoms with van der Waals surface area (Å²) in [6.45, 7) is 1.66. The Balaban J connectivity index is 1.81. The highest BCUT2D eigenvalue weighted by molar-refractivity contribution is 5.89. The van der Waals surface area contributed by atoms with Crippen molar-refractivity contribution >= 4 is 11.9 Å². The number of phenolic OH excluding ortho intramolecular Hbond substituents is 1. The van der Waals surface area contributed by atoms with Crippen molar-refractivity contribution in [1.82, 2.24) is 4.90 Å². The summed E-state index contributed by atoms with van der Waals surface area (Å²) in [5, 5.41) is 10.2. The molecule has 1 N–H and O–H groups in total. The number of methoxy groups -OCH3 is 2. The van der Waals surface area contributed by atoms with E-state index in [0.717, 1.165) is 63.6 Å². The Morgan fingerprint density at radius 3 is 2.61 bits per heavy atom. The average molecular weight is 454 g/mol. The molecule has 33 heavy (non-hydrogen) atoms. The van der Waals surface area contributed by atoms with Gasteiger partial charge in [-0.05, 0) is 80.0 Å². The SMILES string of the molecule is COC(=O)CCCCN(CCc1ccccc1O)C1CCCCc2cc(C(=O)OC)ccc21. The van der Waals surface area contributed by atoms with E-state index in [2.05, 4.69) is 11.0 Å². The molecule has 0 aromatic heterocycles. The molecule has 3 rings (SSSR count). The maximum atomic E-state index is 12.1. The number of rotatable bonds is 10. The molecule has 0 fully saturated rings. The van der Waals surface area contributed by atoms with Crippen LogP contribution in [-0.4, -0.2) is 49.3 Å². The van der Waals surface area contributed by atoms with E-state index in [1.165, 1.54) is 25.3 Å². The summed E-state index contributed by atoms with van der Waals surface area (Å²) in [6.07, 6.45) is 7.03. The Hall–Kier alpha value is -2.86. The zero-order valence-corrected chi connectivity index (χ0v) is 19.7. The highest BCUT2D eigenvalue weighted by Crippen LogP contribution is 2.34. The standard InChI is InChI=1S/C27H35NO5/c1-32-26(30)13-7-8-17-28(18-16-20-9-4-6-12-25(20)29)24-11-5-3-10-21-19-22(27(31)33-2)14-15-23(21)24/h4,6,9,12,14-15,19,24,29H,3,5,7-8,10-11,13,16-18H2,1-2H3. The number of esters is 2. The first-order valence-electron chi connectivity index (χ1n) is 11.8. The molecule has 6 nitrogen and oxygen atoms in total. The third-order valence-corrected chi connectivity index (χ3v) is 6.50. The van der Waals surface area contributed by atoms with Crippen LogP contribution >= 0.6 is 0 Å².